The average Bonchev–Trinajstić information content (AvgIpc) is 3.15. The van der Waals surface area contributed by atoms with Crippen LogP contribution in [0.15, 0.2) is 48.9 Å². The normalized spacial score (nSPS) is 13.6. The van der Waals surface area contributed by atoms with Crippen molar-refractivity contribution in [2.24, 2.45) is 0 Å². The number of anilines is 2. The fourth-order valence-corrected chi connectivity index (χ4v) is 4.15. The summed E-state index contributed by atoms with van der Waals surface area (Å²) in [5.74, 6) is -0.291. The Kier molecular flexibility index (Phi) is 5.59. The van der Waals surface area contributed by atoms with Crippen molar-refractivity contribution in [3.63, 3.8) is 0 Å². The van der Waals surface area contributed by atoms with Crippen molar-refractivity contribution < 1.29 is 9.59 Å². The van der Waals surface area contributed by atoms with Crippen molar-refractivity contribution in [2.45, 2.75) is 13.0 Å². The van der Waals surface area contributed by atoms with Crippen molar-refractivity contribution >= 4 is 34.0 Å². The van der Waals surface area contributed by atoms with E-state index in [1.807, 2.05) is 30.3 Å². The molecule has 0 unspecified atom stereocenters. The largest absolute Gasteiger partial charge is 0.314 e. The lowest BCUT2D eigenvalue weighted by molar-refractivity contribution is -0.119. The number of hydrogen-bond acceptors (Lipinski definition) is 7. The minimum atomic E-state index is -0.333. The van der Waals surface area contributed by atoms with Gasteiger partial charge >= 0.3 is 0 Å². The first kappa shape index (κ1) is 19.2. The van der Waals surface area contributed by atoms with E-state index in [9.17, 15) is 9.59 Å². The second kappa shape index (κ2) is 8.46. The summed E-state index contributed by atoms with van der Waals surface area (Å²) < 4.78 is 0. The number of carbonyl (C=O) groups excluding carboxylic acids is 2. The van der Waals surface area contributed by atoms with Crippen LogP contribution in [0.25, 0.3) is 0 Å². The van der Waals surface area contributed by atoms with Gasteiger partial charge in [0.2, 0.25) is 5.91 Å². The standard InChI is InChI=1S/C20H20N6O2S/c1-25(14-5-3-2-4-6-14)18(27)13-26-10-7-15-17(12-26)29-20(23-15)24-19(28)16-11-21-8-9-22-16/h2-6,8-9,11H,7,10,12-13H2,1H3,(H,23,24,28). The molecule has 0 saturated carbocycles. The second-order valence-electron chi connectivity index (χ2n) is 6.68. The van der Waals surface area contributed by atoms with Gasteiger partial charge in [-0.05, 0) is 12.1 Å². The van der Waals surface area contributed by atoms with Crippen LogP contribution < -0.4 is 10.2 Å². The van der Waals surface area contributed by atoms with Crippen molar-refractivity contribution in [3.05, 3.63) is 65.2 Å². The summed E-state index contributed by atoms with van der Waals surface area (Å²) in [6, 6.07) is 9.60. The van der Waals surface area contributed by atoms with Gasteiger partial charge < -0.3 is 4.90 Å². The average molecular weight is 408 g/mol. The summed E-state index contributed by atoms with van der Waals surface area (Å²) >= 11 is 1.44. The predicted octanol–water partition coefficient (Wildman–Crippen LogP) is 2.21. The summed E-state index contributed by atoms with van der Waals surface area (Å²) in [5, 5.41) is 3.32. The zero-order valence-electron chi connectivity index (χ0n) is 15.9. The predicted molar refractivity (Wildman–Crippen MR) is 111 cm³/mol. The maximum Gasteiger partial charge on any atom is 0.277 e. The first-order valence-corrected chi connectivity index (χ1v) is 10.0. The zero-order chi connectivity index (χ0) is 20.2. The number of nitrogens with zero attached hydrogens (tertiary/aromatic N) is 5. The van der Waals surface area contributed by atoms with Crippen LogP contribution in [-0.4, -0.2) is 51.8 Å². The SMILES string of the molecule is CN(C(=O)CN1CCc2nc(NC(=O)c3cnccn3)sc2C1)c1ccccc1. The maximum absolute atomic E-state index is 12.6. The molecule has 148 valence electrons. The lowest BCUT2D eigenvalue weighted by Crippen LogP contribution is -2.40. The summed E-state index contributed by atoms with van der Waals surface area (Å²) in [6.45, 7) is 1.73. The van der Waals surface area contributed by atoms with Gasteiger partial charge in [0.05, 0.1) is 18.4 Å². The van der Waals surface area contributed by atoms with Gasteiger partial charge in [-0.15, -0.1) is 11.3 Å². The van der Waals surface area contributed by atoms with Gasteiger partial charge in [0, 0.05) is 49.5 Å². The maximum atomic E-state index is 12.6. The molecule has 9 heteroatoms. The van der Waals surface area contributed by atoms with Crippen LogP contribution in [0.3, 0.4) is 0 Å². The number of rotatable bonds is 5. The van der Waals surface area contributed by atoms with Gasteiger partial charge in [0.25, 0.3) is 5.91 Å². The molecule has 1 aliphatic rings. The molecule has 29 heavy (non-hydrogen) atoms. The van der Waals surface area contributed by atoms with Crippen LogP contribution in [0, 0.1) is 0 Å². The summed E-state index contributed by atoms with van der Waals surface area (Å²) in [4.78, 5) is 42.2. The first-order chi connectivity index (χ1) is 14.1. The Morgan fingerprint density at radius 1 is 1.24 bits per heavy atom. The molecule has 0 radical (unpaired) electrons. The second-order valence-corrected chi connectivity index (χ2v) is 7.77. The van der Waals surface area contributed by atoms with E-state index in [1.165, 1.54) is 29.9 Å². The van der Waals surface area contributed by atoms with E-state index in [0.29, 0.717) is 18.2 Å². The van der Waals surface area contributed by atoms with Crippen LogP contribution in [0.1, 0.15) is 21.1 Å². The topological polar surface area (TPSA) is 91.3 Å². The molecule has 1 aliphatic heterocycles. The van der Waals surface area contributed by atoms with Crippen LogP contribution in [0.4, 0.5) is 10.8 Å². The van der Waals surface area contributed by atoms with Crippen LogP contribution >= 0.6 is 11.3 Å². The highest BCUT2D eigenvalue weighted by atomic mass is 32.1. The third kappa shape index (κ3) is 4.47. The third-order valence-corrected chi connectivity index (χ3v) is 5.70. The summed E-state index contributed by atoms with van der Waals surface area (Å²) in [7, 11) is 1.79. The Hall–Kier alpha value is -3.17. The van der Waals surface area contributed by atoms with Crippen LogP contribution in [0.5, 0.6) is 0 Å². The van der Waals surface area contributed by atoms with Gasteiger partial charge in [-0.25, -0.2) is 9.97 Å². The Morgan fingerprint density at radius 3 is 2.83 bits per heavy atom. The molecule has 2 amide bonds. The highest BCUT2D eigenvalue weighted by Gasteiger charge is 2.24. The molecule has 3 heterocycles. The molecule has 2 aromatic heterocycles. The number of nitrogens with one attached hydrogen (secondary N) is 1. The van der Waals surface area contributed by atoms with Crippen LogP contribution in [-0.2, 0) is 17.8 Å². The van der Waals surface area contributed by atoms with Gasteiger partial charge in [0.15, 0.2) is 5.13 Å². The summed E-state index contributed by atoms with van der Waals surface area (Å²) in [5.41, 5.74) is 2.10. The molecule has 0 saturated heterocycles. The third-order valence-electron chi connectivity index (χ3n) is 4.70. The fraction of sp³-hybridized carbons (Fsp3) is 0.250. The molecule has 0 aliphatic carbocycles. The van der Waals surface area contributed by atoms with Crippen LogP contribution in [0.2, 0.25) is 0 Å². The van der Waals surface area contributed by atoms with E-state index in [-0.39, 0.29) is 17.5 Å². The number of fused-ring (bicyclic) bond motifs is 1. The minimum Gasteiger partial charge on any atom is -0.314 e. The van der Waals surface area contributed by atoms with E-state index >= 15 is 0 Å². The highest BCUT2D eigenvalue weighted by molar-refractivity contribution is 7.15. The number of aromatic nitrogens is 3. The van der Waals surface area contributed by atoms with E-state index in [4.69, 9.17) is 0 Å². The first-order valence-electron chi connectivity index (χ1n) is 9.20. The molecular weight excluding hydrogens is 388 g/mol. The highest BCUT2D eigenvalue weighted by Crippen LogP contribution is 2.28. The Labute approximate surface area is 172 Å². The van der Waals surface area contributed by atoms with E-state index in [0.717, 1.165) is 29.2 Å². The Balaban J connectivity index is 1.38. The molecule has 0 atom stereocenters. The smallest absolute Gasteiger partial charge is 0.277 e. The molecule has 8 nitrogen and oxygen atoms in total. The molecule has 1 N–H and O–H groups in total. The van der Waals surface area contributed by atoms with Crippen molar-refractivity contribution in [3.8, 4) is 0 Å². The summed E-state index contributed by atoms with van der Waals surface area (Å²) in [6.07, 6.45) is 5.15. The van der Waals surface area contributed by atoms with Crippen molar-refractivity contribution in [1.29, 1.82) is 0 Å². The molecule has 4 rings (SSSR count). The number of hydrogen-bond donors (Lipinski definition) is 1. The number of benzene rings is 1. The Bertz CT molecular complexity index is 1010. The number of carbonyl (C=O) groups is 2. The van der Waals surface area contributed by atoms with Gasteiger partial charge in [0.1, 0.15) is 5.69 Å². The molecule has 1 aromatic carbocycles. The minimum absolute atomic E-state index is 0.0420. The fourth-order valence-electron chi connectivity index (χ4n) is 3.11. The van der Waals surface area contributed by atoms with E-state index in [2.05, 4.69) is 25.2 Å². The number of para-hydroxylation sites is 1. The molecule has 0 bridgehead atoms. The number of thiazole rings is 1. The lowest BCUT2D eigenvalue weighted by atomic mass is 10.2. The number of amides is 2. The molecule has 0 fully saturated rings. The van der Waals surface area contributed by atoms with E-state index < -0.39 is 0 Å². The van der Waals surface area contributed by atoms with E-state index in [1.54, 1.807) is 11.9 Å². The molecular formula is C20H20N6O2S. The lowest BCUT2D eigenvalue weighted by Gasteiger charge is -2.27. The molecule has 0 spiro atoms. The Morgan fingerprint density at radius 2 is 2.07 bits per heavy atom. The quantitative estimate of drug-likeness (QED) is 0.696. The van der Waals surface area contributed by atoms with Gasteiger partial charge in [-0.2, -0.15) is 0 Å². The monoisotopic (exact) mass is 408 g/mol. The van der Waals surface area contributed by atoms with Crippen molar-refractivity contribution in [1.82, 2.24) is 19.9 Å². The van der Waals surface area contributed by atoms with Crippen molar-refractivity contribution in [2.75, 3.05) is 30.4 Å². The zero-order valence-corrected chi connectivity index (χ0v) is 16.7. The van der Waals surface area contributed by atoms with Gasteiger partial charge in [-0.1, -0.05) is 18.2 Å². The van der Waals surface area contributed by atoms with Gasteiger partial charge in [-0.3, -0.25) is 24.8 Å². The number of likely N-dealkylation sites (N-methyl/N-ethyl adjacent to an activating group) is 1. The molecule has 3 aromatic rings.